The Morgan fingerprint density at radius 1 is 1.05 bits per heavy atom. The highest BCUT2D eigenvalue weighted by atomic mass is 15.4. The molecule has 0 saturated heterocycles. The van der Waals surface area contributed by atoms with Crippen LogP contribution in [-0.4, -0.2) is 24.7 Å². The van der Waals surface area contributed by atoms with Gasteiger partial charge >= 0.3 is 0 Å². The van der Waals surface area contributed by atoms with Crippen LogP contribution in [0.4, 0.5) is 11.9 Å². The number of hydrogen-bond donors (Lipinski definition) is 2. The Kier molecular flexibility index (Phi) is 3.24. The van der Waals surface area contributed by atoms with E-state index in [0.29, 0.717) is 18.4 Å². The van der Waals surface area contributed by atoms with E-state index in [1.165, 1.54) is 4.68 Å². The summed E-state index contributed by atoms with van der Waals surface area (Å²) in [5.41, 5.74) is 6.82. The quantitative estimate of drug-likeness (QED) is 0.738. The van der Waals surface area contributed by atoms with Crippen molar-refractivity contribution >= 4 is 11.9 Å². The molecule has 0 aliphatic rings. The molecule has 0 unspecified atom stereocenters. The summed E-state index contributed by atoms with van der Waals surface area (Å²) in [4.78, 5) is 12.4. The van der Waals surface area contributed by atoms with Crippen LogP contribution in [0.15, 0.2) is 48.8 Å². The van der Waals surface area contributed by atoms with E-state index >= 15 is 0 Å². The molecule has 3 N–H and O–H groups in total. The number of aromatic nitrogens is 5. The van der Waals surface area contributed by atoms with Gasteiger partial charge in [0, 0.05) is 18.9 Å². The monoisotopic (exact) mass is 267 g/mol. The average molecular weight is 267 g/mol. The van der Waals surface area contributed by atoms with Gasteiger partial charge in [0.25, 0.3) is 5.95 Å². The summed E-state index contributed by atoms with van der Waals surface area (Å²) in [5.74, 6) is 0.964. The lowest BCUT2D eigenvalue weighted by Gasteiger charge is -2.07. The van der Waals surface area contributed by atoms with Crippen molar-refractivity contribution in [3.05, 3.63) is 54.4 Å². The van der Waals surface area contributed by atoms with Crippen LogP contribution in [0.3, 0.4) is 0 Å². The molecule has 100 valence electrons. The van der Waals surface area contributed by atoms with Crippen molar-refractivity contribution in [3.8, 4) is 5.95 Å². The Morgan fingerprint density at radius 2 is 1.90 bits per heavy atom. The summed E-state index contributed by atoms with van der Waals surface area (Å²) in [7, 11) is 0. The molecule has 0 atom stereocenters. The minimum atomic E-state index is 0.154. The molecule has 0 spiro atoms. The van der Waals surface area contributed by atoms with Gasteiger partial charge in [-0.2, -0.15) is 20.1 Å². The second-order valence-electron chi connectivity index (χ2n) is 4.11. The summed E-state index contributed by atoms with van der Waals surface area (Å²) in [5, 5.41) is 7.19. The Morgan fingerprint density at radius 3 is 2.65 bits per heavy atom. The van der Waals surface area contributed by atoms with Gasteiger partial charge in [0.1, 0.15) is 0 Å². The third-order valence-electron chi connectivity index (χ3n) is 2.64. The summed E-state index contributed by atoms with van der Waals surface area (Å²) < 4.78 is 1.53. The predicted molar refractivity (Wildman–Crippen MR) is 75.1 cm³/mol. The van der Waals surface area contributed by atoms with Gasteiger partial charge in [-0.1, -0.05) is 30.3 Å². The SMILES string of the molecule is Nc1nc(NCc2ccccc2)nc(-n2cccn2)n1. The number of nitrogens with zero attached hydrogens (tertiary/aromatic N) is 5. The molecule has 0 amide bonds. The lowest BCUT2D eigenvalue weighted by Crippen LogP contribution is -2.11. The minimum Gasteiger partial charge on any atom is -0.368 e. The Hall–Kier alpha value is -2.96. The summed E-state index contributed by atoms with van der Waals surface area (Å²) in [6, 6.07) is 11.8. The molecule has 0 aliphatic carbocycles. The fraction of sp³-hybridized carbons (Fsp3) is 0.0769. The van der Waals surface area contributed by atoms with E-state index in [1.807, 2.05) is 30.3 Å². The van der Waals surface area contributed by atoms with Crippen LogP contribution in [0, 0.1) is 0 Å². The molecular weight excluding hydrogens is 254 g/mol. The molecule has 7 heteroatoms. The molecule has 7 nitrogen and oxygen atoms in total. The number of nitrogens with two attached hydrogens (primary N) is 1. The molecular formula is C13H13N7. The summed E-state index contributed by atoms with van der Waals surface area (Å²) in [6.45, 7) is 0.614. The van der Waals surface area contributed by atoms with Gasteiger partial charge < -0.3 is 11.1 Å². The molecule has 3 aromatic rings. The van der Waals surface area contributed by atoms with E-state index in [1.54, 1.807) is 18.5 Å². The first-order chi connectivity index (χ1) is 9.81. The average Bonchev–Trinajstić information content (AvgIpc) is 3.00. The third-order valence-corrected chi connectivity index (χ3v) is 2.64. The first-order valence-corrected chi connectivity index (χ1v) is 6.10. The Balaban J connectivity index is 1.80. The van der Waals surface area contributed by atoms with E-state index in [2.05, 4.69) is 25.4 Å². The first kappa shape index (κ1) is 12.1. The molecule has 0 bridgehead atoms. The van der Waals surface area contributed by atoms with Gasteiger partial charge in [0.2, 0.25) is 11.9 Å². The highest BCUT2D eigenvalue weighted by Crippen LogP contribution is 2.08. The Bertz CT molecular complexity index is 679. The van der Waals surface area contributed by atoms with Crippen molar-refractivity contribution in [2.24, 2.45) is 0 Å². The van der Waals surface area contributed by atoms with Crippen molar-refractivity contribution in [1.29, 1.82) is 0 Å². The predicted octanol–water partition coefficient (Wildman–Crippen LogP) is 1.25. The van der Waals surface area contributed by atoms with Crippen LogP contribution in [0.2, 0.25) is 0 Å². The maximum Gasteiger partial charge on any atom is 0.257 e. The molecule has 3 rings (SSSR count). The maximum absolute atomic E-state index is 5.69. The molecule has 0 radical (unpaired) electrons. The van der Waals surface area contributed by atoms with E-state index in [0.717, 1.165) is 5.56 Å². The number of anilines is 2. The van der Waals surface area contributed by atoms with Crippen molar-refractivity contribution in [3.63, 3.8) is 0 Å². The van der Waals surface area contributed by atoms with Crippen LogP contribution < -0.4 is 11.1 Å². The third kappa shape index (κ3) is 2.72. The highest BCUT2D eigenvalue weighted by molar-refractivity contribution is 5.35. The van der Waals surface area contributed by atoms with E-state index < -0.39 is 0 Å². The highest BCUT2D eigenvalue weighted by Gasteiger charge is 2.06. The second kappa shape index (κ2) is 5.35. The fourth-order valence-corrected chi connectivity index (χ4v) is 1.73. The van der Waals surface area contributed by atoms with Gasteiger partial charge in [-0.3, -0.25) is 0 Å². The van der Waals surface area contributed by atoms with E-state index in [9.17, 15) is 0 Å². The van der Waals surface area contributed by atoms with Crippen LogP contribution >= 0.6 is 0 Å². The topological polar surface area (TPSA) is 94.5 Å². The number of nitrogens with one attached hydrogen (secondary N) is 1. The van der Waals surface area contributed by atoms with Crippen LogP contribution in [0.5, 0.6) is 0 Å². The minimum absolute atomic E-state index is 0.154. The summed E-state index contributed by atoms with van der Waals surface area (Å²) in [6.07, 6.45) is 3.40. The van der Waals surface area contributed by atoms with Crippen molar-refractivity contribution in [1.82, 2.24) is 24.7 Å². The maximum atomic E-state index is 5.69. The molecule has 2 heterocycles. The smallest absolute Gasteiger partial charge is 0.257 e. The lowest BCUT2D eigenvalue weighted by molar-refractivity contribution is 0.798. The van der Waals surface area contributed by atoms with Crippen LogP contribution in [-0.2, 0) is 6.54 Å². The molecule has 0 aliphatic heterocycles. The zero-order chi connectivity index (χ0) is 13.8. The van der Waals surface area contributed by atoms with Gasteiger partial charge in [-0.15, -0.1) is 0 Å². The number of nitrogen functional groups attached to an aromatic ring is 1. The molecule has 0 fully saturated rings. The van der Waals surface area contributed by atoms with Gasteiger partial charge in [0.05, 0.1) is 0 Å². The zero-order valence-corrected chi connectivity index (χ0v) is 10.6. The van der Waals surface area contributed by atoms with Gasteiger partial charge in [0.15, 0.2) is 0 Å². The molecule has 1 aromatic carbocycles. The van der Waals surface area contributed by atoms with E-state index in [-0.39, 0.29) is 5.95 Å². The fourth-order valence-electron chi connectivity index (χ4n) is 1.73. The van der Waals surface area contributed by atoms with Crippen molar-refractivity contribution < 1.29 is 0 Å². The van der Waals surface area contributed by atoms with Gasteiger partial charge in [-0.05, 0) is 11.6 Å². The largest absolute Gasteiger partial charge is 0.368 e. The zero-order valence-electron chi connectivity index (χ0n) is 10.6. The summed E-state index contributed by atoms with van der Waals surface area (Å²) >= 11 is 0. The number of benzene rings is 1. The van der Waals surface area contributed by atoms with Crippen LogP contribution in [0.1, 0.15) is 5.56 Å². The molecule has 20 heavy (non-hydrogen) atoms. The second-order valence-corrected chi connectivity index (χ2v) is 4.11. The standard InChI is InChI=1S/C13H13N7/c14-11-17-12(15-9-10-5-2-1-3-6-10)19-13(18-11)20-8-4-7-16-20/h1-8H,9H2,(H3,14,15,17,18,19). The Labute approximate surface area is 115 Å². The number of rotatable bonds is 4. The lowest BCUT2D eigenvalue weighted by atomic mass is 10.2. The molecule has 0 saturated carbocycles. The van der Waals surface area contributed by atoms with E-state index in [4.69, 9.17) is 5.73 Å². The molecule has 2 aromatic heterocycles. The number of hydrogen-bond acceptors (Lipinski definition) is 6. The normalized spacial score (nSPS) is 10.4. The first-order valence-electron chi connectivity index (χ1n) is 6.10. The van der Waals surface area contributed by atoms with Crippen LogP contribution in [0.25, 0.3) is 5.95 Å². The van der Waals surface area contributed by atoms with Crippen molar-refractivity contribution in [2.45, 2.75) is 6.54 Å². The van der Waals surface area contributed by atoms with Gasteiger partial charge in [-0.25, -0.2) is 4.68 Å². The van der Waals surface area contributed by atoms with Crippen molar-refractivity contribution in [2.75, 3.05) is 11.1 Å².